The highest BCUT2D eigenvalue weighted by Gasteiger charge is 2.30. The lowest BCUT2D eigenvalue weighted by molar-refractivity contribution is -0.107. The van der Waals surface area contributed by atoms with Crippen LogP contribution in [0.15, 0.2) is 53.4 Å². The van der Waals surface area contributed by atoms with Crippen molar-refractivity contribution in [2.75, 3.05) is 0 Å². The summed E-state index contributed by atoms with van der Waals surface area (Å²) in [6.45, 7) is 1.86. The number of benzene rings is 2. The van der Waals surface area contributed by atoms with E-state index in [1.54, 1.807) is 36.4 Å². The van der Waals surface area contributed by atoms with Gasteiger partial charge in [0.15, 0.2) is 9.84 Å². The second-order valence-corrected chi connectivity index (χ2v) is 6.91. The van der Waals surface area contributed by atoms with Gasteiger partial charge in [0.2, 0.25) is 0 Å². The van der Waals surface area contributed by atoms with Crippen LogP contribution < -0.4 is 0 Å². The van der Waals surface area contributed by atoms with Gasteiger partial charge in [0.25, 0.3) is 0 Å². The summed E-state index contributed by atoms with van der Waals surface area (Å²) < 4.78 is 25.1. The SMILES string of the molecule is Cc1ccc(S(=O)(=O)C(C=O)c2ccccc2Cl)cc1. The molecule has 0 N–H and O–H groups in total. The number of sulfone groups is 1. The topological polar surface area (TPSA) is 51.2 Å². The lowest BCUT2D eigenvalue weighted by atomic mass is 10.2. The second kappa shape index (κ2) is 5.77. The van der Waals surface area contributed by atoms with Crippen LogP contribution in [-0.4, -0.2) is 14.7 Å². The second-order valence-electron chi connectivity index (χ2n) is 4.44. The number of aldehydes is 1. The average Bonchev–Trinajstić information content (AvgIpc) is 2.42. The minimum absolute atomic E-state index is 0.111. The standard InChI is InChI=1S/C15H13ClO3S/c1-11-6-8-12(9-7-11)20(18,19)15(10-17)13-4-2-3-5-14(13)16/h2-10,15H,1H3. The van der Waals surface area contributed by atoms with Gasteiger partial charge >= 0.3 is 0 Å². The Morgan fingerprint density at radius 3 is 2.20 bits per heavy atom. The zero-order valence-electron chi connectivity index (χ0n) is 10.8. The fourth-order valence-electron chi connectivity index (χ4n) is 1.89. The molecular weight excluding hydrogens is 296 g/mol. The van der Waals surface area contributed by atoms with Crippen molar-refractivity contribution in [3.63, 3.8) is 0 Å². The first kappa shape index (κ1) is 14.8. The molecule has 2 aromatic rings. The van der Waals surface area contributed by atoms with Crippen molar-refractivity contribution in [1.82, 2.24) is 0 Å². The Balaban J connectivity index is 2.54. The summed E-state index contributed by atoms with van der Waals surface area (Å²) in [5, 5.41) is -1.03. The molecule has 20 heavy (non-hydrogen) atoms. The lowest BCUT2D eigenvalue weighted by Crippen LogP contribution is -2.15. The Morgan fingerprint density at radius 2 is 1.65 bits per heavy atom. The van der Waals surface area contributed by atoms with Crippen LogP contribution in [0.4, 0.5) is 0 Å². The third-order valence-electron chi connectivity index (χ3n) is 3.02. The Bertz CT molecular complexity index is 721. The predicted molar refractivity (Wildman–Crippen MR) is 78.6 cm³/mol. The molecule has 2 rings (SSSR count). The zero-order valence-corrected chi connectivity index (χ0v) is 12.4. The quantitative estimate of drug-likeness (QED) is 0.814. The summed E-state index contributed by atoms with van der Waals surface area (Å²) in [5.74, 6) is 0. The van der Waals surface area contributed by atoms with E-state index in [0.29, 0.717) is 11.8 Å². The van der Waals surface area contributed by atoms with Crippen LogP contribution in [0.2, 0.25) is 5.02 Å². The highest BCUT2D eigenvalue weighted by atomic mass is 35.5. The fourth-order valence-corrected chi connectivity index (χ4v) is 3.71. The maximum atomic E-state index is 12.5. The molecule has 2 aromatic carbocycles. The minimum Gasteiger partial charge on any atom is -0.302 e. The Hall–Kier alpha value is -1.65. The molecule has 0 heterocycles. The average molecular weight is 309 g/mol. The van der Waals surface area contributed by atoms with E-state index in [1.807, 2.05) is 6.92 Å². The first-order valence-electron chi connectivity index (χ1n) is 5.97. The van der Waals surface area contributed by atoms with Crippen molar-refractivity contribution in [3.8, 4) is 0 Å². The van der Waals surface area contributed by atoms with E-state index in [4.69, 9.17) is 11.6 Å². The predicted octanol–water partition coefficient (Wildman–Crippen LogP) is 3.36. The summed E-state index contributed by atoms with van der Waals surface area (Å²) in [6, 6.07) is 12.8. The third kappa shape index (κ3) is 2.76. The van der Waals surface area contributed by atoms with Crippen LogP contribution in [0.5, 0.6) is 0 Å². The highest BCUT2D eigenvalue weighted by Crippen LogP contribution is 2.31. The molecule has 104 valence electrons. The van der Waals surface area contributed by atoms with Gasteiger partial charge in [0.05, 0.1) is 4.90 Å². The summed E-state index contributed by atoms with van der Waals surface area (Å²) in [5.41, 5.74) is 1.24. The number of hydrogen-bond acceptors (Lipinski definition) is 3. The molecule has 0 amide bonds. The molecule has 0 bridgehead atoms. The number of rotatable bonds is 4. The van der Waals surface area contributed by atoms with E-state index in [0.717, 1.165) is 5.56 Å². The molecular formula is C15H13ClO3S. The number of aryl methyl sites for hydroxylation is 1. The molecule has 5 heteroatoms. The van der Waals surface area contributed by atoms with Gasteiger partial charge in [-0.2, -0.15) is 0 Å². The Kier molecular flexibility index (Phi) is 4.26. The van der Waals surface area contributed by atoms with Crippen molar-refractivity contribution in [2.24, 2.45) is 0 Å². The number of halogens is 1. The van der Waals surface area contributed by atoms with E-state index < -0.39 is 15.1 Å². The van der Waals surface area contributed by atoms with Gasteiger partial charge in [0.1, 0.15) is 11.5 Å². The maximum absolute atomic E-state index is 12.5. The van der Waals surface area contributed by atoms with Crippen molar-refractivity contribution < 1.29 is 13.2 Å². The Morgan fingerprint density at radius 1 is 1.05 bits per heavy atom. The van der Waals surface area contributed by atoms with Crippen molar-refractivity contribution in [2.45, 2.75) is 17.1 Å². The smallest absolute Gasteiger partial charge is 0.192 e. The molecule has 0 aromatic heterocycles. The lowest BCUT2D eigenvalue weighted by Gasteiger charge is -2.13. The molecule has 0 spiro atoms. The van der Waals surface area contributed by atoms with E-state index in [9.17, 15) is 13.2 Å². The van der Waals surface area contributed by atoms with E-state index >= 15 is 0 Å². The fraction of sp³-hybridized carbons (Fsp3) is 0.133. The molecule has 3 nitrogen and oxygen atoms in total. The van der Waals surface area contributed by atoms with Gasteiger partial charge in [-0.25, -0.2) is 8.42 Å². The van der Waals surface area contributed by atoms with Crippen molar-refractivity contribution in [3.05, 3.63) is 64.7 Å². The molecule has 1 unspecified atom stereocenters. The first-order valence-corrected chi connectivity index (χ1v) is 7.89. The van der Waals surface area contributed by atoms with Gasteiger partial charge in [-0.1, -0.05) is 47.5 Å². The van der Waals surface area contributed by atoms with E-state index in [-0.39, 0.29) is 9.92 Å². The van der Waals surface area contributed by atoms with Crippen molar-refractivity contribution >= 4 is 27.7 Å². The van der Waals surface area contributed by atoms with Crippen LogP contribution in [0.3, 0.4) is 0 Å². The monoisotopic (exact) mass is 308 g/mol. The van der Waals surface area contributed by atoms with Crippen LogP contribution in [0, 0.1) is 6.92 Å². The molecule has 0 saturated heterocycles. The summed E-state index contributed by atoms with van der Waals surface area (Å²) in [4.78, 5) is 11.4. The largest absolute Gasteiger partial charge is 0.302 e. The van der Waals surface area contributed by atoms with Gasteiger partial charge < -0.3 is 4.79 Å². The van der Waals surface area contributed by atoms with Crippen LogP contribution >= 0.6 is 11.6 Å². The molecule has 1 atom stereocenters. The van der Waals surface area contributed by atoms with Crippen molar-refractivity contribution in [1.29, 1.82) is 0 Å². The van der Waals surface area contributed by atoms with E-state index in [2.05, 4.69) is 0 Å². The number of carbonyl (C=O) groups excluding carboxylic acids is 1. The number of hydrogen-bond donors (Lipinski definition) is 0. The molecule has 0 aliphatic rings. The minimum atomic E-state index is -3.80. The summed E-state index contributed by atoms with van der Waals surface area (Å²) in [7, 11) is -3.80. The zero-order chi connectivity index (χ0) is 14.8. The summed E-state index contributed by atoms with van der Waals surface area (Å²) >= 11 is 5.99. The Labute approximate surface area is 123 Å². The molecule has 0 saturated carbocycles. The van der Waals surface area contributed by atoms with Gasteiger partial charge in [-0.05, 0) is 30.7 Å². The van der Waals surface area contributed by atoms with Gasteiger partial charge in [-0.3, -0.25) is 0 Å². The molecule has 0 radical (unpaired) electrons. The normalized spacial score (nSPS) is 12.9. The van der Waals surface area contributed by atoms with Gasteiger partial charge in [-0.15, -0.1) is 0 Å². The maximum Gasteiger partial charge on any atom is 0.192 e. The van der Waals surface area contributed by atoms with Crippen LogP contribution in [0.25, 0.3) is 0 Å². The van der Waals surface area contributed by atoms with E-state index in [1.165, 1.54) is 12.1 Å². The highest BCUT2D eigenvalue weighted by molar-refractivity contribution is 7.92. The first-order chi connectivity index (χ1) is 9.46. The van der Waals surface area contributed by atoms with Crippen LogP contribution in [0.1, 0.15) is 16.4 Å². The van der Waals surface area contributed by atoms with Crippen LogP contribution in [-0.2, 0) is 14.6 Å². The molecule has 0 aliphatic carbocycles. The molecule has 0 aliphatic heterocycles. The number of carbonyl (C=O) groups is 1. The third-order valence-corrected chi connectivity index (χ3v) is 5.33. The molecule has 0 fully saturated rings. The summed E-state index contributed by atoms with van der Waals surface area (Å²) in [6.07, 6.45) is 0.413. The van der Waals surface area contributed by atoms with Gasteiger partial charge in [0, 0.05) is 5.02 Å².